The molecule has 0 aromatic heterocycles. The van der Waals surface area contributed by atoms with Gasteiger partial charge in [-0.1, -0.05) is 6.58 Å². The maximum Gasteiger partial charge on any atom is 0.307 e. The van der Waals surface area contributed by atoms with Gasteiger partial charge < -0.3 is 19.5 Å². The van der Waals surface area contributed by atoms with Crippen LogP contribution in [-0.4, -0.2) is 42.3 Å². The number of carboxylic acids is 1. The Labute approximate surface area is 212 Å². The van der Waals surface area contributed by atoms with Crippen molar-refractivity contribution < 1.29 is 23.8 Å². The molecule has 36 heavy (non-hydrogen) atoms. The molecule has 2 aromatic carbocycles. The fraction of sp³-hybridized carbons (Fsp3) is 0.500. The molecule has 1 fully saturated rings. The van der Waals surface area contributed by atoms with Gasteiger partial charge in [0.1, 0.15) is 0 Å². The number of allylic oxidation sites excluding steroid dienone is 1. The molecule has 1 saturated heterocycles. The largest absolute Gasteiger partial charge is 0.490 e. The number of rotatable bonds is 5. The molecule has 0 unspecified atom stereocenters. The first kappa shape index (κ1) is 24.8. The minimum atomic E-state index is -0.881. The van der Waals surface area contributed by atoms with Crippen LogP contribution in [0.1, 0.15) is 58.2 Å². The van der Waals surface area contributed by atoms with Gasteiger partial charge >= 0.3 is 5.97 Å². The molecule has 6 heteroatoms. The first-order chi connectivity index (χ1) is 17.3. The summed E-state index contributed by atoms with van der Waals surface area (Å²) in [5.41, 5.74) is 9.87. The average Bonchev–Trinajstić information content (AvgIpc) is 2.86. The lowest BCUT2D eigenvalue weighted by Gasteiger charge is -2.39. The molecule has 0 spiro atoms. The van der Waals surface area contributed by atoms with E-state index in [9.17, 15) is 9.90 Å². The zero-order chi connectivity index (χ0) is 25.6. The Morgan fingerprint density at radius 1 is 1.11 bits per heavy atom. The van der Waals surface area contributed by atoms with Crippen molar-refractivity contribution in [1.29, 1.82) is 0 Å². The molecule has 5 nitrogen and oxygen atoms in total. The Morgan fingerprint density at radius 3 is 2.58 bits per heavy atom. The number of fused-ring (bicyclic) bond motifs is 2. The van der Waals surface area contributed by atoms with Crippen molar-refractivity contribution in [3.8, 4) is 16.9 Å². The Kier molecular flexibility index (Phi) is 6.82. The van der Waals surface area contributed by atoms with E-state index in [1.165, 1.54) is 11.1 Å². The highest BCUT2D eigenvalue weighted by molar-refractivity contribution is 5.83. The van der Waals surface area contributed by atoms with Gasteiger partial charge in [-0.05, 0) is 103 Å². The number of hydrogen-bond acceptors (Lipinski definition) is 4. The molecule has 0 radical (unpaired) electrons. The quantitative estimate of drug-likeness (QED) is 0.582. The molecule has 3 heterocycles. The van der Waals surface area contributed by atoms with Crippen LogP contribution >= 0.6 is 0 Å². The van der Waals surface area contributed by atoms with Crippen LogP contribution in [0.15, 0.2) is 18.3 Å². The predicted octanol–water partition coefficient (Wildman–Crippen LogP) is 5.67. The normalized spacial score (nSPS) is 18.0. The van der Waals surface area contributed by atoms with E-state index < -0.39 is 5.97 Å². The van der Waals surface area contributed by atoms with Crippen molar-refractivity contribution in [2.24, 2.45) is 5.92 Å². The third-order valence-electron chi connectivity index (χ3n) is 8.43. The van der Waals surface area contributed by atoms with Gasteiger partial charge in [0.15, 0.2) is 11.6 Å². The second-order valence-corrected chi connectivity index (χ2v) is 10.6. The maximum absolute atomic E-state index is 15.3. The van der Waals surface area contributed by atoms with E-state index in [1.54, 1.807) is 6.07 Å². The summed E-state index contributed by atoms with van der Waals surface area (Å²) in [6.07, 6.45) is 4.36. The predicted molar refractivity (Wildman–Crippen MR) is 138 cm³/mol. The standard InChI is InChI=1S/C30H36FNO4/c1-17-12-23-19(3)25(14-28(33)34)29(24-13-27(31)30-22(18(24)2)6-5-9-36-30)20(4)26(23)16-32(17)15-21-7-10-35-11-8-21/h13,21H,1,5-12,14-16H2,2-4H3,(H,33,34). The van der Waals surface area contributed by atoms with E-state index in [2.05, 4.69) is 18.4 Å². The second-order valence-electron chi connectivity index (χ2n) is 10.6. The summed E-state index contributed by atoms with van der Waals surface area (Å²) in [6.45, 7) is 14.4. The third kappa shape index (κ3) is 4.40. The van der Waals surface area contributed by atoms with E-state index in [0.717, 1.165) is 96.6 Å². The molecule has 192 valence electrons. The number of ether oxygens (including phenoxy) is 2. The lowest BCUT2D eigenvalue weighted by atomic mass is 9.78. The molecule has 5 rings (SSSR count). The van der Waals surface area contributed by atoms with Crippen molar-refractivity contribution >= 4 is 5.97 Å². The van der Waals surface area contributed by atoms with Crippen LogP contribution in [0.4, 0.5) is 4.39 Å². The van der Waals surface area contributed by atoms with E-state index in [0.29, 0.717) is 24.7 Å². The summed E-state index contributed by atoms with van der Waals surface area (Å²) in [4.78, 5) is 14.4. The van der Waals surface area contributed by atoms with Gasteiger partial charge in [-0.15, -0.1) is 0 Å². The molecular formula is C30H36FNO4. The molecule has 1 N–H and O–H groups in total. The Bertz CT molecular complexity index is 1230. The topological polar surface area (TPSA) is 59.0 Å². The Morgan fingerprint density at radius 2 is 1.86 bits per heavy atom. The van der Waals surface area contributed by atoms with Crippen LogP contribution < -0.4 is 4.74 Å². The summed E-state index contributed by atoms with van der Waals surface area (Å²) in [6, 6.07) is 1.56. The number of benzene rings is 2. The minimum Gasteiger partial charge on any atom is -0.490 e. The monoisotopic (exact) mass is 493 g/mol. The van der Waals surface area contributed by atoms with Crippen molar-refractivity contribution in [1.82, 2.24) is 4.90 Å². The second kappa shape index (κ2) is 9.89. The Balaban J connectivity index is 1.64. The van der Waals surface area contributed by atoms with Gasteiger partial charge in [-0.3, -0.25) is 4.79 Å². The van der Waals surface area contributed by atoms with Gasteiger partial charge in [0.05, 0.1) is 13.0 Å². The number of carboxylic acid groups (broad SMARTS) is 1. The van der Waals surface area contributed by atoms with Gasteiger partial charge in [0, 0.05) is 44.0 Å². The number of halogens is 1. The molecule has 0 atom stereocenters. The van der Waals surface area contributed by atoms with E-state index >= 15 is 4.39 Å². The summed E-state index contributed by atoms with van der Waals surface area (Å²) in [5, 5.41) is 9.82. The van der Waals surface area contributed by atoms with Gasteiger partial charge in [0.2, 0.25) is 0 Å². The van der Waals surface area contributed by atoms with Crippen molar-refractivity contribution in [2.45, 2.75) is 65.8 Å². The smallest absolute Gasteiger partial charge is 0.307 e. The summed E-state index contributed by atoms with van der Waals surface area (Å²) >= 11 is 0. The van der Waals surface area contributed by atoms with Crippen molar-refractivity contribution in [3.05, 3.63) is 63.1 Å². The molecule has 2 aromatic rings. The highest BCUT2D eigenvalue weighted by Gasteiger charge is 2.31. The third-order valence-corrected chi connectivity index (χ3v) is 8.43. The molecule has 0 bridgehead atoms. The Hall–Kier alpha value is -2.86. The molecule has 3 aliphatic rings. The van der Waals surface area contributed by atoms with Crippen molar-refractivity contribution in [2.75, 3.05) is 26.4 Å². The zero-order valence-electron chi connectivity index (χ0n) is 21.6. The van der Waals surface area contributed by atoms with Crippen LogP contribution in [0.25, 0.3) is 11.1 Å². The SMILES string of the molecule is C=C1Cc2c(C)c(CC(=O)O)c(-c3cc(F)c4c(c3C)CCCO4)c(C)c2CN1CC1CCOCC1. The summed E-state index contributed by atoms with van der Waals surface area (Å²) < 4.78 is 26.5. The van der Waals surface area contributed by atoms with Crippen LogP contribution in [0.3, 0.4) is 0 Å². The number of hydrogen-bond donors (Lipinski definition) is 1. The van der Waals surface area contributed by atoms with E-state index in [-0.39, 0.29) is 12.2 Å². The molecule has 0 aliphatic carbocycles. The highest BCUT2D eigenvalue weighted by atomic mass is 19.1. The van der Waals surface area contributed by atoms with Gasteiger partial charge in [-0.2, -0.15) is 0 Å². The number of aliphatic carboxylic acids is 1. The molecular weight excluding hydrogens is 457 g/mol. The lowest BCUT2D eigenvalue weighted by molar-refractivity contribution is -0.136. The molecule has 3 aliphatic heterocycles. The molecule has 0 saturated carbocycles. The summed E-state index contributed by atoms with van der Waals surface area (Å²) in [5.74, 6) is -0.306. The highest BCUT2D eigenvalue weighted by Crippen LogP contribution is 2.44. The van der Waals surface area contributed by atoms with Gasteiger partial charge in [-0.25, -0.2) is 4.39 Å². The average molecular weight is 494 g/mol. The van der Waals surface area contributed by atoms with Crippen molar-refractivity contribution in [3.63, 3.8) is 0 Å². The fourth-order valence-corrected chi connectivity index (χ4v) is 6.36. The van der Waals surface area contributed by atoms with E-state index in [1.807, 2.05) is 13.8 Å². The first-order valence-corrected chi connectivity index (χ1v) is 13.1. The zero-order valence-corrected chi connectivity index (χ0v) is 21.6. The van der Waals surface area contributed by atoms with Gasteiger partial charge in [0.25, 0.3) is 0 Å². The van der Waals surface area contributed by atoms with Crippen LogP contribution in [-0.2, 0) is 35.3 Å². The van der Waals surface area contributed by atoms with E-state index in [4.69, 9.17) is 9.47 Å². The molecule has 0 amide bonds. The summed E-state index contributed by atoms with van der Waals surface area (Å²) in [7, 11) is 0. The first-order valence-electron chi connectivity index (χ1n) is 13.1. The van der Waals surface area contributed by atoms with Crippen LogP contribution in [0, 0.1) is 32.5 Å². The lowest BCUT2D eigenvalue weighted by Crippen LogP contribution is -2.35. The van der Waals surface area contributed by atoms with Crippen LogP contribution in [0.2, 0.25) is 0 Å². The van der Waals surface area contributed by atoms with Crippen LogP contribution in [0.5, 0.6) is 5.75 Å². The number of nitrogens with zero attached hydrogens (tertiary/aromatic N) is 1. The maximum atomic E-state index is 15.3. The minimum absolute atomic E-state index is 0.0950. The fourth-order valence-electron chi connectivity index (χ4n) is 6.36. The number of carbonyl (C=O) groups is 1.